The highest BCUT2D eigenvalue weighted by molar-refractivity contribution is 7.85. The maximum absolute atomic E-state index is 2.93. The summed E-state index contributed by atoms with van der Waals surface area (Å²) < 4.78 is 0. The molecule has 0 atom stereocenters. The van der Waals surface area contributed by atoms with Crippen molar-refractivity contribution in [1.29, 1.82) is 0 Å². The Hall–Kier alpha value is 1.72. The van der Waals surface area contributed by atoms with Crippen LogP contribution >= 0.6 is 31.7 Å². The quantitative estimate of drug-likeness (QED) is 0.132. The molecule has 32 heavy (non-hydrogen) atoms. The fraction of sp³-hybridized carbons (Fsp3) is 1.00. The lowest BCUT2D eigenvalue weighted by atomic mass is 10.3. The molecule has 0 N–H and O–H groups in total. The van der Waals surface area contributed by atoms with E-state index in [1.54, 1.807) is 0 Å². The van der Waals surface area contributed by atoms with E-state index in [4.69, 9.17) is 0 Å². The summed E-state index contributed by atoms with van der Waals surface area (Å²) in [5, 5.41) is 0. The number of rotatable bonds is 21. The highest BCUT2D eigenvalue weighted by Crippen LogP contribution is 2.85. The van der Waals surface area contributed by atoms with Crippen LogP contribution in [0.15, 0.2) is 0 Å². The number of hydrogen-bond acceptors (Lipinski definition) is 0. The third-order valence-electron chi connectivity index (χ3n) is 7.31. The van der Waals surface area contributed by atoms with E-state index in [9.17, 15) is 0 Å². The first kappa shape index (κ1) is 33.7. The molecule has 0 rings (SSSR count). The molecule has 0 aromatic heterocycles. The van der Waals surface area contributed by atoms with Crippen LogP contribution in [0.3, 0.4) is 0 Å². The van der Waals surface area contributed by atoms with Crippen LogP contribution < -0.4 is 0 Å². The summed E-state index contributed by atoms with van der Waals surface area (Å²) in [5.74, 6) is 0. The monoisotopic (exact) mass is 522 g/mol. The summed E-state index contributed by atoms with van der Waals surface area (Å²) in [5.41, 5.74) is 0. The minimum atomic E-state index is 0.0966. The van der Waals surface area contributed by atoms with Gasteiger partial charge in [-0.3, -0.25) is 0 Å². The molecular weight excluding hydrogens is 460 g/mol. The highest BCUT2D eigenvalue weighted by Gasteiger charge is 2.58. The fourth-order valence-electron chi connectivity index (χ4n) is 5.95. The van der Waals surface area contributed by atoms with Crippen molar-refractivity contribution in [2.45, 2.75) is 130 Å². The van der Waals surface area contributed by atoms with E-state index in [1.165, 1.54) is 101 Å². The van der Waals surface area contributed by atoms with E-state index in [0.717, 1.165) is 0 Å². The Morgan fingerprint density at radius 2 is 0.438 bits per heavy atom. The zero-order chi connectivity index (χ0) is 24.6. The van der Waals surface area contributed by atoms with Gasteiger partial charge >= 0.3 is 0 Å². The summed E-state index contributed by atoms with van der Waals surface area (Å²) in [7, 11) is 0.387. The van der Waals surface area contributed by atoms with Crippen LogP contribution in [-0.2, 0) is 0 Å². The number of hydrogen-bond donors (Lipinski definition) is 0. The Bertz CT molecular complexity index is 343. The lowest BCUT2D eigenvalue weighted by Gasteiger charge is -2.62. The van der Waals surface area contributed by atoms with Gasteiger partial charge in [-0.25, -0.2) is 0 Å². The minimum absolute atomic E-state index is 0.0966. The molecule has 0 aliphatic carbocycles. The van der Waals surface area contributed by atoms with E-state index >= 15 is 0 Å². The second kappa shape index (κ2) is 18.9. The van der Waals surface area contributed by atoms with Crippen LogP contribution in [0, 0.1) is 0 Å². The third kappa shape index (κ3) is 8.68. The molecule has 0 heterocycles. The lowest BCUT2D eigenvalue weighted by Crippen LogP contribution is -2.48. The van der Waals surface area contributed by atoms with E-state index < -0.39 is 0 Å². The zero-order valence-corrected chi connectivity index (χ0v) is 27.7. The predicted molar refractivity (Wildman–Crippen MR) is 166 cm³/mol. The SMILES string of the molecule is CCCP(CCC)C(C)(P(CCC)CCC)C(C)(P(CCC)CCC)P(CCC)CCC. The second-order valence-corrected chi connectivity index (χ2v) is 22.2. The van der Waals surface area contributed by atoms with Gasteiger partial charge in [0.2, 0.25) is 0 Å². The van der Waals surface area contributed by atoms with Crippen LogP contribution in [0.2, 0.25) is 0 Å². The molecule has 0 radical (unpaired) electrons. The average Bonchev–Trinajstić information content (AvgIpc) is 2.77. The lowest BCUT2D eigenvalue weighted by molar-refractivity contribution is 0.728. The predicted octanol–water partition coefficient (Wildman–Crippen LogP) is 11.6. The highest BCUT2D eigenvalue weighted by atomic mass is 31.2. The van der Waals surface area contributed by atoms with Gasteiger partial charge in [-0.2, -0.15) is 0 Å². The molecule has 0 aromatic carbocycles. The Balaban J connectivity index is 7.12. The molecule has 0 amide bonds. The maximum atomic E-state index is 2.93. The summed E-state index contributed by atoms with van der Waals surface area (Å²) in [6.07, 6.45) is 23.5. The van der Waals surface area contributed by atoms with E-state index in [0.29, 0.717) is 9.79 Å². The van der Waals surface area contributed by atoms with Crippen molar-refractivity contribution in [3.05, 3.63) is 0 Å². The smallest absolute Gasteiger partial charge is 0.0209 e. The van der Waals surface area contributed by atoms with Gasteiger partial charge in [0.25, 0.3) is 0 Å². The van der Waals surface area contributed by atoms with Crippen LogP contribution in [-0.4, -0.2) is 59.1 Å². The molecule has 0 bridgehead atoms. The maximum Gasteiger partial charge on any atom is 0.0209 e. The van der Waals surface area contributed by atoms with Gasteiger partial charge in [-0.15, -0.1) is 0 Å². The standard InChI is InChI=1S/C28H62P4/c1-11-19-29(20-12-2)27(9,30(21-13-3)22-14-4)28(10,31(23-15-5)24-16-6)32(25-17-7)26-18-8/h11-26H2,1-10H3. The van der Waals surface area contributed by atoms with Crippen molar-refractivity contribution < 1.29 is 0 Å². The van der Waals surface area contributed by atoms with E-state index in [1.807, 2.05) is 0 Å². The van der Waals surface area contributed by atoms with Crippen molar-refractivity contribution in [2.75, 3.05) is 49.3 Å². The summed E-state index contributed by atoms with van der Waals surface area (Å²) in [4.78, 5) is 1.25. The van der Waals surface area contributed by atoms with Crippen molar-refractivity contribution in [3.8, 4) is 0 Å². The molecule has 194 valence electrons. The van der Waals surface area contributed by atoms with E-state index in [2.05, 4.69) is 69.2 Å². The van der Waals surface area contributed by atoms with Gasteiger partial charge < -0.3 is 0 Å². The zero-order valence-electron chi connectivity index (χ0n) is 24.1. The summed E-state index contributed by atoms with van der Waals surface area (Å²) >= 11 is 0. The molecular formula is C28H62P4. The summed E-state index contributed by atoms with van der Waals surface area (Å²) in [6, 6.07) is 0. The van der Waals surface area contributed by atoms with Crippen molar-refractivity contribution in [1.82, 2.24) is 0 Å². The molecule has 0 saturated carbocycles. The van der Waals surface area contributed by atoms with Crippen LogP contribution in [0.5, 0.6) is 0 Å². The molecule has 0 aromatic rings. The Morgan fingerprint density at radius 3 is 0.531 bits per heavy atom. The Morgan fingerprint density at radius 1 is 0.312 bits per heavy atom. The normalized spacial score (nSPS) is 13.3. The first-order valence-corrected chi connectivity index (χ1v) is 21.2. The molecule has 0 fully saturated rings. The topological polar surface area (TPSA) is 0 Å². The van der Waals surface area contributed by atoms with Gasteiger partial charge in [0.05, 0.1) is 0 Å². The van der Waals surface area contributed by atoms with Crippen LogP contribution in [0.4, 0.5) is 0 Å². The van der Waals surface area contributed by atoms with Gasteiger partial charge in [-0.1, -0.05) is 152 Å². The molecule has 0 saturated heterocycles. The Labute approximate surface area is 211 Å². The Kier molecular flexibility index (Phi) is 19.9. The average molecular weight is 523 g/mol. The van der Waals surface area contributed by atoms with Crippen molar-refractivity contribution in [2.24, 2.45) is 0 Å². The third-order valence-corrected chi connectivity index (χ3v) is 26.0. The first-order chi connectivity index (χ1) is 15.3. The van der Waals surface area contributed by atoms with Crippen molar-refractivity contribution in [3.63, 3.8) is 0 Å². The van der Waals surface area contributed by atoms with Crippen LogP contribution in [0.25, 0.3) is 0 Å². The molecule has 4 heteroatoms. The molecule has 0 aliphatic rings. The van der Waals surface area contributed by atoms with Gasteiger partial charge in [0, 0.05) is 9.79 Å². The fourth-order valence-corrected chi connectivity index (χ4v) is 26.0. The molecule has 0 unspecified atom stereocenters. The first-order valence-electron chi connectivity index (χ1n) is 14.3. The van der Waals surface area contributed by atoms with Gasteiger partial charge in [0.1, 0.15) is 0 Å². The molecule has 0 spiro atoms. The molecule has 0 nitrogen and oxygen atoms in total. The van der Waals surface area contributed by atoms with E-state index in [-0.39, 0.29) is 31.7 Å². The largest absolute Gasteiger partial charge is 0.0949 e. The summed E-state index contributed by atoms with van der Waals surface area (Å²) in [6.45, 7) is 25.7. The van der Waals surface area contributed by atoms with Crippen LogP contribution in [0.1, 0.15) is 121 Å². The van der Waals surface area contributed by atoms with Gasteiger partial charge in [0.15, 0.2) is 0 Å². The van der Waals surface area contributed by atoms with Crippen molar-refractivity contribution >= 4 is 31.7 Å². The van der Waals surface area contributed by atoms with Gasteiger partial charge in [-0.05, 0) is 49.3 Å². The second-order valence-electron chi connectivity index (χ2n) is 9.99. The minimum Gasteiger partial charge on any atom is -0.0949 e. The molecule has 0 aliphatic heterocycles.